The highest BCUT2D eigenvalue weighted by molar-refractivity contribution is 5.93. The zero-order valence-corrected chi connectivity index (χ0v) is 12.0. The number of hydrogen-bond acceptors (Lipinski definition) is 5. The molecule has 0 saturated heterocycles. The van der Waals surface area contributed by atoms with E-state index in [2.05, 4.69) is 4.98 Å². The van der Waals surface area contributed by atoms with Crippen LogP contribution in [0.5, 0.6) is 11.5 Å². The van der Waals surface area contributed by atoms with E-state index in [1.807, 2.05) is 0 Å². The number of hydrogen-bond donors (Lipinski definition) is 1. The molecule has 0 aliphatic rings. The van der Waals surface area contributed by atoms with Crippen molar-refractivity contribution in [1.82, 2.24) is 4.98 Å². The van der Waals surface area contributed by atoms with Gasteiger partial charge in [-0.05, 0) is 18.2 Å². The molecule has 0 amide bonds. The average Bonchev–Trinajstić information content (AvgIpc) is 2.50. The van der Waals surface area contributed by atoms with Crippen LogP contribution in [-0.2, 0) is 4.74 Å². The first-order valence-electron chi connectivity index (χ1n) is 6.49. The number of carboxylic acid groups (broad SMARTS) is 1. The van der Waals surface area contributed by atoms with Crippen LogP contribution in [0.1, 0.15) is 16.9 Å². The second kappa shape index (κ2) is 6.90. The summed E-state index contributed by atoms with van der Waals surface area (Å²) in [5, 5.41) is 9.84. The van der Waals surface area contributed by atoms with Crippen LogP contribution in [0, 0.1) is 0 Å². The first kappa shape index (κ1) is 15.1. The van der Waals surface area contributed by atoms with Gasteiger partial charge < -0.3 is 19.3 Å². The fourth-order valence-electron chi connectivity index (χ4n) is 1.92. The van der Waals surface area contributed by atoms with Crippen LogP contribution in [0.3, 0.4) is 0 Å². The van der Waals surface area contributed by atoms with Gasteiger partial charge in [-0.15, -0.1) is 0 Å². The maximum absolute atomic E-state index is 11.1. The Morgan fingerprint density at radius 1 is 1.24 bits per heavy atom. The SMILES string of the molecule is COCCCOc1cc(C(=O)O)nc2ccc(OC)cc12. The monoisotopic (exact) mass is 291 g/mol. The summed E-state index contributed by atoms with van der Waals surface area (Å²) in [6, 6.07) is 6.65. The fourth-order valence-corrected chi connectivity index (χ4v) is 1.92. The molecule has 112 valence electrons. The predicted octanol–water partition coefficient (Wildman–Crippen LogP) is 2.36. The molecule has 0 bridgehead atoms. The average molecular weight is 291 g/mol. The largest absolute Gasteiger partial charge is 0.497 e. The van der Waals surface area contributed by atoms with Gasteiger partial charge in [0.1, 0.15) is 11.5 Å². The highest BCUT2D eigenvalue weighted by atomic mass is 16.5. The van der Waals surface area contributed by atoms with Crippen molar-refractivity contribution in [3.8, 4) is 11.5 Å². The van der Waals surface area contributed by atoms with Crippen LogP contribution in [0.15, 0.2) is 24.3 Å². The number of carbonyl (C=O) groups is 1. The molecule has 0 spiro atoms. The van der Waals surface area contributed by atoms with Crippen LogP contribution < -0.4 is 9.47 Å². The third-order valence-electron chi connectivity index (χ3n) is 2.95. The number of carboxylic acids is 1. The lowest BCUT2D eigenvalue weighted by atomic mass is 10.1. The summed E-state index contributed by atoms with van der Waals surface area (Å²) in [5.41, 5.74) is 0.506. The number of rotatable bonds is 7. The third-order valence-corrected chi connectivity index (χ3v) is 2.95. The van der Waals surface area contributed by atoms with Gasteiger partial charge in [-0.2, -0.15) is 0 Å². The molecule has 6 heteroatoms. The standard InChI is InChI=1S/C15H17NO5/c1-19-6-3-7-21-14-9-13(15(17)18)16-12-5-4-10(20-2)8-11(12)14/h4-5,8-9H,3,6-7H2,1-2H3,(H,17,18). The van der Waals surface area contributed by atoms with Crippen molar-refractivity contribution in [1.29, 1.82) is 0 Å². The molecule has 1 aromatic carbocycles. The van der Waals surface area contributed by atoms with Crippen molar-refractivity contribution in [2.45, 2.75) is 6.42 Å². The summed E-state index contributed by atoms with van der Waals surface area (Å²) in [4.78, 5) is 15.2. The minimum absolute atomic E-state index is 0.0468. The summed E-state index contributed by atoms with van der Waals surface area (Å²) in [6.07, 6.45) is 0.715. The highest BCUT2D eigenvalue weighted by Gasteiger charge is 2.12. The van der Waals surface area contributed by atoms with Crippen molar-refractivity contribution < 1.29 is 24.1 Å². The number of ether oxygens (including phenoxy) is 3. The Morgan fingerprint density at radius 2 is 2.05 bits per heavy atom. The van der Waals surface area contributed by atoms with Gasteiger partial charge >= 0.3 is 5.97 Å². The molecular formula is C15H17NO5. The van der Waals surface area contributed by atoms with Crippen LogP contribution in [0.2, 0.25) is 0 Å². The molecule has 1 N–H and O–H groups in total. The Balaban J connectivity index is 2.39. The van der Waals surface area contributed by atoms with E-state index in [-0.39, 0.29) is 5.69 Å². The molecule has 0 radical (unpaired) electrons. The molecule has 1 aromatic heterocycles. The quantitative estimate of drug-likeness (QED) is 0.789. The van der Waals surface area contributed by atoms with Gasteiger partial charge in [0, 0.05) is 31.6 Å². The first-order chi connectivity index (χ1) is 10.2. The van der Waals surface area contributed by atoms with Crippen molar-refractivity contribution in [3.63, 3.8) is 0 Å². The molecule has 0 aliphatic carbocycles. The fraction of sp³-hybridized carbons (Fsp3) is 0.333. The van der Waals surface area contributed by atoms with Gasteiger partial charge in [-0.3, -0.25) is 0 Å². The molecule has 2 aromatic rings. The molecule has 0 aliphatic heterocycles. The first-order valence-corrected chi connectivity index (χ1v) is 6.49. The van der Waals surface area contributed by atoms with Crippen molar-refractivity contribution in [3.05, 3.63) is 30.0 Å². The molecule has 0 atom stereocenters. The molecular weight excluding hydrogens is 274 g/mol. The Morgan fingerprint density at radius 3 is 2.71 bits per heavy atom. The van der Waals surface area contributed by atoms with Gasteiger partial charge in [-0.25, -0.2) is 9.78 Å². The molecule has 2 rings (SSSR count). The third kappa shape index (κ3) is 3.61. The number of methoxy groups -OCH3 is 2. The second-order valence-electron chi connectivity index (χ2n) is 4.39. The van der Waals surface area contributed by atoms with Gasteiger partial charge in [0.05, 0.1) is 19.2 Å². The van der Waals surface area contributed by atoms with E-state index in [1.165, 1.54) is 6.07 Å². The van der Waals surface area contributed by atoms with Crippen LogP contribution in [0.25, 0.3) is 10.9 Å². The van der Waals surface area contributed by atoms with E-state index in [1.54, 1.807) is 32.4 Å². The number of aromatic carboxylic acids is 1. The number of pyridine rings is 1. The Bertz CT molecular complexity index is 641. The maximum Gasteiger partial charge on any atom is 0.354 e. The normalized spacial score (nSPS) is 10.6. The van der Waals surface area contributed by atoms with Gasteiger partial charge in [-0.1, -0.05) is 0 Å². The minimum atomic E-state index is -1.09. The summed E-state index contributed by atoms with van der Waals surface area (Å²) < 4.78 is 15.8. The Labute approximate surface area is 122 Å². The smallest absolute Gasteiger partial charge is 0.354 e. The number of fused-ring (bicyclic) bond motifs is 1. The van der Waals surface area contributed by atoms with Gasteiger partial charge in [0.15, 0.2) is 5.69 Å². The lowest BCUT2D eigenvalue weighted by Gasteiger charge is -2.11. The molecule has 0 fully saturated rings. The summed E-state index contributed by atoms with van der Waals surface area (Å²) in [7, 11) is 3.19. The molecule has 21 heavy (non-hydrogen) atoms. The van der Waals surface area contributed by atoms with Gasteiger partial charge in [0.2, 0.25) is 0 Å². The van der Waals surface area contributed by atoms with E-state index in [0.29, 0.717) is 36.7 Å². The van der Waals surface area contributed by atoms with E-state index in [9.17, 15) is 4.79 Å². The summed E-state index contributed by atoms with van der Waals surface area (Å²) in [5.74, 6) is 0.0518. The number of benzene rings is 1. The van der Waals surface area contributed by atoms with E-state index in [0.717, 1.165) is 5.39 Å². The zero-order chi connectivity index (χ0) is 15.2. The summed E-state index contributed by atoms with van der Waals surface area (Å²) >= 11 is 0. The van der Waals surface area contributed by atoms with E-state index >= 15 is 0 Å². The van der Waals surface area contributed by atoms with Crippen molar-refractivity contribution >= 4 is 16.9 Å². The molecule has 0 unspecified atom stereocenters. The van der Waals surface area contributed by atoms with Crippen molar-refractivity contribution in [2.24, 2.45) is 0 Å². The summed E-state index contributed by atoms with van der Waals surface area (Å²) in [6.45, 7) is 1.02. The lowest BCUT2D eigenvalue weighted by molar-refractivity contribution is 0.0690. The molecule has 0 saturated carbocycles. The second-order valence-corrected chi connectivity index (χ2v) is 4.39. The molecule has 6 nitrogen and oxygen atoms in total. The Hall–Kier alpha value is -2.34. The topological polar surface area (TPSA) is 77.9 Å². The Kier molecular flexibility index (Phi) is 4.94. The van der Waals surface area contributed by atoms with Crippen molar-refractivity contribution in [2.75, 3.05) is 27.4 Å². The van der Waals surface area contributed by atoms with Crippen LogP contribution >= 0.6 is 0 Å². The minimum Gasteiger partial charge on any atom is -0.497 e. The van der Waals surface area contributed by atoms with Crippen LogP contribution in [-0.4, -0.2) is 43.5 Å². The van der Waals surface area contributed by atoms with Gasteiger partial charge in [0.25, 0.3) is 0 Å². The van der Waals surface area contributed by atoms with Crippen LogP contribution in [0.4, 0.5) is 0 Å². The zero-order valence-electron chi connectivity index (χ0n) is 12.0. The molecule has 1 heterocycles. The number of aromatic nitrogens is 1. The lowest BCUT2D eigenvalue weighted by Crippen LogP contribution is -2.05. The van der Waals surface area contributed by atoms with E-state index in [4.69, 9.17) is 19.3 Å². The highest BCUT2D eigenvalue weighted by Crippen LogP contribution is 2.29. The number of nitrogens with zero attached hydrogens (tertiary/aromatic N) is 1. The van der Waals surface area contributed by atoms with E-state index < -0.39 is 5.97 Å². The maximum atomic E-state index is 11.1. The predicted molar refractivity (Wildman–Crippen MR) is 77.2 cm³/mol.